The summed E-state index contributed by atoms with van der Waals surface area (Å²) in [4.78, 5) is 0. The van der Waals surface area contributed by atoms with Gasteiger partial charge in [-0.25, -0.2) is 0 Å². The maximum atomic E-state index is 9.82. The SMILES string of the molecule is COc1c(Cl)ccc(C(C)(C)N)c1O. The number of aromatic hydroxyl groups is 1. The fraction of sp³-hybridized carbons (Fsp3) is 0.400. The maximum Gasteiger partial charge on any atom is 0.179 e. The van der Waals surface area contributed by atoms with Crippen molar-refractivity contribution in [3.63, 3.8) is 0 Å². The first-order chi connectivity index (χ1) is 6.38. The third kappa shape index (κ3) is 1.94. The van der Waals surface area contributed by atoms with E-state index in [0.29, 0.717) is 10.6 Å². The molecule has 0 saturated carbocycles. The van der Waals surface area contributed by atoms with Crippen molar-refractivity contribution in [1.82, 2.24) is 0 Å². The molecule has 14 heavy (non-hydrogen) atoms. The third-order valence-corrected chi connectivity index (χ3v) is 2.28. The summed E-state index contributed by atoms with van der Waals surface area (Å²) in [5, 5.41) is 10.2. The van der Waals surface area contributed by atoms with Gasteiger partial charge in [-0.3, -0.25) is 0 Å². The molecule has 0 unspecified atom stereocenters. The van der Waals surface area contributed by atoms with E-state index in [-0.39, 0.29) is 11.5 Å². The number of hydrogen-bond acceptors (Lipinski definition) is 3. The molecule has 3 nitrogen and oxygen atoms in total. The van der Waals surface area contributed by atoms with Gasteiger partial charge in [0.05, 0.1) is 12.1 Å². The predicted octanol–water partition coefficient (Wildman–Crippen LogP) is 2.25. The molecule has 0 aliphatic heterocycles. The molecule has 0 heterocycles. The number of halogens is 1. The molecule has 0 aromatic heterocycles. The molecule has 0 amide bonds. The van der Waals surface area contributed by atoms with Crippen LogP contribution in [0, 0.1) is 0 Å². The minimum atomic E-state index is -0.623. The van der Waals surface area contributed by atoms with Gasteiger partial charge in [0, 0.05) is 11.1 Å². The Morgan fingerprint density at radius 2 is 2.00 bits per heavy atom. The van der Waals surface area contributed by atoms with Crippen molar-refractivity contribution < 1.29 is 9.84 Å². The van der Waals surface area contributed by atoms with Crippen LogP contribution in [-0.4, -0.2) is 12.2 Å². The topological polar surface area (TPSA) is 55.5 Å². The molecule has 0 fully saturated rings. The molecule has 78 valence electrons. The summed E-state index contributed by atoms with van der Waals surface area (Å²) in [5.41, 5.74) is 5.86. The van der Waals surface area contributed by atoms with E-state index in [9.17, 15) is 5.11 Å². The predicted molar refractivity (Wildman–Crippen MR) is 56.9 cm³/mol. The first-order valence-corrected chi connectivity index (χ1v) is 4.60. The lowest BCUT2D eigenvalue weighted by atomic mass is 9.94. The van der Waals surface area contributed by atoms with Gasteiger partial charge in [0.2, 0.25) is 0 Å². The van der Waals surface area contributed by atoms with Crippen molar-refractivity contribution in [1.29, 1.82) is 0 Å². The van der Waals surface area contributed by atoms with Crippen LogP contribution in [-0.2, 0) is 5.54 Å². The number of ether oxygens (including phenoxy) is 1. The number of rotatable bonds is 2. The molecule has 1 rings (SSSR count). The van der Waals surface area contributed by atoms with E-state index < -0.39 is 5.54 Å². The van der Waals surface area contributed by atoms with Gasteiger partial charge in [0.25, 0.3) is 0 Å². The van der Waals surface area contributed by atoms with Gasteiger partial charge in [-0.05, 0) is 19.9 Å². The molecule has 0 atom stereocenters. The second kappa shape index (κ2) is 3.67. The Morgan fingerprint density at radius 3 is 2.43 bits per heavy atom. The largest absolute Gasteiger partial charge is 0.504 e. The standard InChI is InChI=1S/C10H14ClNO2/c1-10(2,12)6-4-5-7(11)9(14-3)8(6)13/h4-5,13H,12H2,1-3H3. The zero-order valence-corrected chi connectivity index (χ0v) is 9.22. The lowest BCUT2D eigenvalue weighted by Crippen LogP contribution is -2.28. The van der Waals surface area contributed by atoms with Crippen LogP contribution in [0.1, 0.15) is 19.4 Å². The van der Waals surface area contributed by atoms with E-state index >= 15 is 0 Å². The maximum absolute atomic E-state index is 9.82. The molecular formula is C10H14ClNO2. The number of benzene rings is 1. The molecule has 1 aromatic carbocycles. The summed E-state index contributed by atoms with van der Waals surface area (Å²) in [6.07, 6.45) is 0. The molecule has 3 N–H and O–H groups in total. The number of nitrogens with two attached hydrogens (primary N) is 1. The monoisotopic (exact) mass is 215 g/mol. The minimum Gasteiger partial charge on any atom is -0.504 e. The number of methoxy groups -OCH3 is 1. The van der Waals surface area contributed by atoms with Crippen LogP contribution in [0.5, 0.6) is 11.5 Å². The van der Waals surface area contributed by atoms with Crippen molar-refractivity contribution in [2.24, 2.45) is 5.73 Å². The van der Waals surface area contributed by atoms with E-state index in [1.54, 1.807) is 26.0 Å². The van der Waals surface area contributed by atoms with Gasteiger partial charge >= 0.3 is 0 Å². The number of phenols is 1. The van der Waals surface area contributed by atoms with Crippen LogP contribution >= 0.6 is 11.6 Å². The highest BCUT2D eigenvalue weighted by Gasteiger charge is 2.22. The van der Waals surface area contributed by atoms with Gasteiger partial charge in [0.1, 0.15) is 0 Å². The molecular weight excluding hydrogens is 202 g/mol. The molecule has 0 bridgehead atoms. The lowest BCUT2D eigenvalue weighted by molar-refractivity contribution is 0.363. The quantitative estimate of drug-likeness (QED) is 0.796. The Hall–Kier alpha value is -0.930. The van der Waals surface area contributed by atoms with Crippen LogP contribution in [0.3, 0.4) is 0 Å². The zero-order chi connectivity index (χ0) is 10.9. The van der Waals surface area contributed by atoms with Crippen LogP contribution < -0.4 is 10.5 Å². The summed E-state index contributed by atoms with van der Waals surface area (Å²) in [6, 6.07) is 3.35. The summed E-state index contributed by atoms with van der Waals surface area (Å²) in [5.74, 6) is 0.273. The average Bonchev–Trinajstić information content (AvgIpc) is 2.02. The number of phenolic OH excluding ortho intramolecular Hbond substituents is 1. The highest BCUT2D eigenvalue weighted by atomic mass is 35.5. The van der Waals surface area contributed by atoms with Gasteiger partial charge in [-0.1, -0.05) is 17.7 Å². The van der Waals surface area contributed by atoms with E-state index in [1.165, 1.54) is 7.11 Å². The first-order valence-electron chi connectivity index (χ1n) is 4.22. The van der Waals surface area contributed by atoms with Gasteiger partial charge in [0.15, 0.2) is 11.5 Å². The summed E-state index contributed by atoms with van der Waals surface area (Å²) < 4.78 is 4.97. The second-order valence-corrected chi connectivity index (χ2v) is 4.11. The summed E-state index contributed by atoms with van der Waals surface area (Å²) >= 11 is 5.83. The molecule has 0 spiro atoms. The summed E-state index contributed by atoms with van der Waals surface area (Å²) in [7, 11) is 1.45. The molecule has 4 heteroatoms. The number of hydrogen-bond donors (Lipinski definition) is 2. The minimum absolute atomic E-state index is 0.00694. The van der Waals surface area contributed by atoms with E-state index in [0.717, 1.165) is 0 Å². The molecule has 0 aliphatic carbocycles. The first kappa shape index (κ1) is 11.1. The fourth-order valence-corrected chi connectivity index (χ4v) is 1.49. The van der Waals surface area contributed by atoms with Gasteiger partial charge in [-0.15, -0.1) is 0 Å². The van der Waals surface area contributed by atoms with Crippen molar-refractivity contribution in [3.05, 3.63) is 22.7 Å². The highest BCUT2D eigenvalue weighted by molar-refractivity contribution is 6.32. The van der Waals surface area contributed by atoms with Crippen molar-refractivity contribution in [2.45, 2.75) is 19.4 Å². The smallest absolute Gasteiger partial charge is 0.179 e. The van der Waals surface area contributed by atoms with Crippen molar-refractivity contribution in [3.8, 4) is 11.5 Å². The van der Waals surface area contributed by atoms with E-state index in [2.05, 4.69) is 0 Å². The second-order valence-electron chi connectivity index (χ2n) is 3.70. The van der Waals surface area contributed by atoms with Gasteiger partial charge < -0.3 is 15.6 Å². The van der Waals surface area contributed by atoms with Crippen LogP contribution in [0.4, 0.5) is 0 Å². The van der Waals surface area contributed by atoms with Crippen molar-refractivity contribution >= 4 is 11.6 Å². The molecule has 0 saturated heterocycles. The summed E-state index contributed by atoms with van der Waals surface area (Å²) in [6.45, 7) is 3.60. The Balaban J connectivity index is 3.36. The van der Waals surface area contributed by atoms with Gasteiger partial charge in [-0.2, -0.15) is 0 Å². The Morgan fingerprint density at radius 1 is 1.43 bits per heavy atom. The van der Waals surface area contributed by atoms with Crippen LogP contribution in [0.2, 0.25) is 5.02 Å². The van der Waals surface area contributed by atoms with Crippen molar-refractivity contribution in [2.75, 3.05) is 7.11 Å². The van der Waals surface area contributed by atoms with Crippen LogP contribution in [0.15, 0.2) is 12.1 Å². The Kier molecular flexibility index (Phi) is 2.92. The Bertz CT molecular complexity index is 345. The molecule has 0 radical (unpaired) electrons. The fourth-order valence-electron chi connectivity index (χ4n) is 1.26. The van der Waals surface area contributed by atoms with E-state index in [1.807, 2.05) is 0 Å². The zero-order valence-electron chi connectivity index (χ0n) is 8.47. The average molecular weight is 216 g/mol. The van der Waals surface area contributed by atoms with E-state index in [4.69, 9.17) is 22.1 Å². The Labute approximate surface area is 88.4 Å². The molecule has 0 aliphatic rings. The van der Waals surface area contributed by atoms with Crippen LogP contribution in [0.25, 0.3) is 0 Å². The third-order valence-electron chi connectivity index (χ3n) is 1.98. The lowest BCUT2D eigenvalue weighted by Gasteiger charge is -2.21. The molecule has 1 aromatic rings. The normalized spacial score (nSPS) is 11.5. The highest BCUT2D eigenvalue weighted by Crippen LogP contribution is 2.40.